The van der Waals surface area contributed by atoms with Crippen molar-refractivity contribution in [3.8, 4) is 5.75 Å². The van der Waals surface area contributed by atoms with Gasteiger partial charge in [0.25, 0.3) is 0 Å². The standard InChI is InChI=1S/C16H21NO3/c1-2-4-15-14(3-1)17(9-10-18-15)13-5-7-16(8-6-13)19-11-12-20-16/h1-4,13H,5-12H2. The molecule has 4 rings (SSSR count). The van der Waals surface area contributed by atoms with E-state index in [-0.39, 0.29) is 5.79 Å². The molecule has 1 spiro atoms. The summed E-state index contributed by atoms with van der Waals surface area (Å²) in [7, 11) is 0. The predicted octanol–water partition coefficient (Wildman–Crippen LogP) is 2.57. The van der Waals surface area contributed by atoms with E-state index < -0.39 is 0 Å². The van der Waals surface area contributed by atoms with Crippen LogP contribution in [-0.2, 0) is 9.47 Å². The molecular formula is C16H21NO3. The van der Waals surface area contributed by atoms with Crippen LogP contribution in [0.25, 0.3) is 0 Å². The molecule has 1 aromatic rings. The molecular weight excluding hydrogens is 254 g/mol. The zero-order chi connectivity index (χ0) is 13.4. The predicted molar refractivity (Wildman–Crippen MR) is 76.2 cm³/mol. The Labute approximate surface area is 119 Å². The van der Waals surface area contributed by atoms with Gasteiger partial charge in [0.1, 0.15) is 12.4 Å². The Bertz CT molecular complexity index is 474. The molecule has 1 saturated heterocycles. The Kier molecular flexibility index (Phi) is 3.08. The third kappa shape index (κ3) is 2.07. The minimum Gasteiger partial charge on any atom is -0.490 e. The average molecular weight is 275 g/mol. The molecule has 108 valence electrons. The number of anilines is 1. The zero-order valence-electron chi connectivity index (χ0n) is 11.7. The maximum atomic E-state index is 5.82. The van der Waals surface area contributed by atoms with E-state index in [1.165, 1.54) is 5.69 Å². The van der Waals surface area contributed by atoms with Crippen LogP contribution in [0.2, 0.25) is 0 Å². The summed E-state index contributed by atoms with van der Waals surface area (Å²) in [6.07, 6.45) is 4.29. The summed E-state index contributed by atoms with van der Waals surface area (Å²) < 4.78 is 17.4. The quantitative estimate of drug-likeness (QED) is 0.788. The molecule has 1 aromatic carbocycles. The number of nitrogens with zero attached hydrogens (tertiary/aromatic N) is 1. The first-order valence-electron chi connectivity index (χ1n) is 7.63. The maximum Gasteiger partial charge on any atom is 0.168 e. The number of hydrogen-bond acceptors (Lipinski definition) is 4. The van der Waals surface area contributed by atoms with Crippen molar-refractivity contribution in [3.05, 3.63) is 24.3 Å². The van der Waals surface area contributed by atoms with Gasteiger partial charge >= 0.3 is 0 Å². The molecule has 4 nitrogen and oxygen atoms in total. The van der Waals surface area contributed by atoms with Gasteiger partial charge in [0.15, 0.2) is 5.79 Å². The van der Waals surface area contributed by atoms with E-state index >= 15 is 0 Å². The van der Waals surface area contributed by atoms with Crippen molar-refractivity contribution in [1.82, 2.24) is 0 Å². The molecule has 0 aromatic heterocycles. The molecule has 0 bridgehead atoms. The van der Waals surface area contributed by atoms with Gasteiger partial charge in [0, 0.05) is 18.9 Å². The van der Waals surface area contributed by atoms with E-state index in [9.17, 15) is 0 Å². The normalized spacial score (nSPS) is 25.5. The summed E-state index contributed by atoms with van der Waals surface area (Å²) >= 11 is 0. The van der Waals surface area contributed by atoms with Crippen molar-refractivity contribution < 1.29 is 14.2 Å². The van der Waals surface area contributed by atoms with E-state index in [1.54, 1.807) is 0 Å². The van der Waals surface area contributed by atoms with Crippen LogP contribution >= 0.6 is 0 Å². The first-order valence-corrected chi connectivity index (χ1v) is 7.63. The van der Waals surface area contributed by atoms with Crippen LogP contribution in [0, 0.1) is 0 Å². The summed E-state index contributed by atoms with van der Waals surface area (Å²) in [6, 6.07) is 8.95. The Balaban J connectivity index is 1.50. The van der Waals surface area contributed by atoms with E-state index in [4.69, 9.17) is 14.2 Å². The smallest absolute Gasteiger partial charge is 0.168 e. The van der Waals surface area contributed by atoms with Gasteiger partial charge in [-0.25, -0.2) is 0 Å². The summed E-state index contributed by atoms with van der Waals surface area (Å²) in [5.41, 5.74) is 1.24. The average Bonchev–Trinajstić information content (AvgIpc) is 2.96. The SMILES string of the molecule is c1ccc2c(c1)OCCN2C1CCC2(CC1)OCCO2. The minimum absolute atomic E-state index is 0.262. The second-order valence-electron chi connectivity index (χ2n) is 5.85. The lowest BCUT2D eigenvalue weighted by Gasteiger charge is -2.43. The Hall–Kier alpha value is -1.26. The van der Waals surface area contributed by atoms with Gasteiger partial charge in [-0.15, -0.1) is 0 Å². The van der Waals surface area contributed by atoms with Gasteiger partial charge in [-0.1, -0.05) is 12.1 Å². The zero-order valence-corrected chi connectivity index (χ0v) is 11.7. The Morgan fingerprint density at radius 1 is 1.00 bits per heavy atom. The van der Waals surface area contributed by atoms with Gasteiger partial charge in [0.05, 0.1) is 25.4 Å². The first kappa shape index (κ1) is 12.5. The second-order valence-corrected chi connectivity index (χ2v) is 5.85. The second kappa shape index (κ2) is 4.93. The van der Waals surface area contributed by atoms with Crippen LogP contribution in [0.3, 0.4) is 0 Å². The van der Waals surface area contributed by atoms with Crippen LogP contribution in [-0.4, -0.2) is 38.2 Å². The highest BCUT2D eigenvalue weighted by Gasteiger charge is 2.42. The van der Waals surface area contributed by atoms with Gasteiger partial charge in [-0.2, -0.15) is 0 Å². The number of hydrogen-bond donors (Lipinski definition) is 0. The van der Waals surface area contributed by atoms with Crippen LogP contribution in [0.5, 0.6) is 5.75 Å². The maximum absolute atomic E-state index is 5.82. The summed E-state index contributed by atoms with van der Waals surface area (Å²) in [6.45, 7) is 3.28. The largest absolute Gasteiger partial charge is 0.490 e. The van der Waals surface area contributed by atoms with Crippen LogP contribution < -0.4 is 9.64 Å². The van der Waals surface area contributed by atoms with Gasteiger partial charge in [-0.05, 0) is 25.0 Å². The van der Waals surface area contributed by atoms with Crippen LogP contribution in [0.4, 0.5) is 5.69 Å². The van der Waals surface area contributed by atoms with Crippen LogP contribution in [0.1, 0.15) is 25.7 Å². The Morgan fingerprint density at radius 2 is 1.75 bits per heavy atom. The van der Waals surface area contributed by atoms with Crippen molar-refractivity contribution in [3.63, 3.8) is 0 Å². The third-order valence-corrected chi connectivity index (χ3v) is 4.74. The van der Waals surface area contributed by atoms with Crippen molar-refractivity contribution in [2.75, 3.05) is 31.3 Å². The van der Waals surface area contributed by atoms with E-state index in [1.807, 2.05) is 6.07 Å². The van der Waals surface area contributed by atoms with Gasteiger partial charge < -0.3 is 19.1 Å². The summed E-state index contributed by atoms with van der Waals surface area (Å²) in [5.74, 6) is 0.759. The Morgan fingerprint density at radius 3 is 2.55 bits per heavy atom. The highest BCUT2D eigenvalue weighted by atomic mass is 16.7. The lowest BCUT2D eigenvalue weighted by molar-refractivity contribution is -0.178. The molecule has 3 aliphatic rings. The lowest BCUT2D eigenvalue weighted by atomic mass is 9.88. The molecule has 0 N–H and O–H groups in total. The number of benzene rings is 1. The number of ether oxygens (including phenoxy) is 3. The monoisotopic (exact) mass is 275 g/mol. The molecule has 1 aliphatic carbocycles. The summed E-state index contributed by atoms with van der Waals surface area (Å²) in [5, 5.41) is 0. The number of rotatable bonds is 1. The fourth-order valence-corrected chi connectivity index (χ4v) is 3.71. The van der Waals surface area contributed by atoms with Crippen LogP contribution in [0.15, 0.2) is 24.3 Å². The van der Waals surface area contributed by atoms with Crippen molar-refractivity contribution in [1.29, 1.82) is 0 Å². The van der Waals surface area contributed by atoms with Gasteiger partial charge in [0.2, 0.25) is 0 Å². The molecule has 20 heavy (non-hydrogen) atoms. The highest BCUT2D eigenvalue weighted by molar-refractivity contribution is 5.60. The number of para-hydroxylation sites is 2. The molecule has 1 saturated carbocycles. The third-order valence-electron chi connectivity index (χ3n) is 4.74. The highest BCUT2D eigenvalue weighted by Crippen LogP contribution is 2.41. The molecule has 0 amide bonds. The van der Waals surface area contributed by atoms with Gasteiger partial charge in [-0.3, -0.25) is 0 Å². The topological polar surface area (TPSA) is 30.9 Å². The fraction of sp³-hybridized carbons (Fsp3) is 0.625. The first-order chi connectivity index (χ1) is 9.86. The molecule has 4 heteroatoms. The minimum atomic E-state index is -0.262. The lowest BCUT2D eigenvalue weighted by Crippen LogP contribution is -2.47. The van der Waals surface area contributed by atoms with Crippen molar-refractivity contribution in [2.45, 2.75) is 37.5 Å². The van der Waals surface area contributed by atoms with E-state index in [0.29, 0.717) is 6.04 Å². The van der Waals surface area contributed by atoms with E-state index in [0.717, 1.165) is 57.8 Å². The summed E-state index contributed by atoms with van der Waals surface area (Å²) in [4.78, 5) is 2.51. The molecule has 2 fully saturated rings. The molecule has 2 heterocycles. The fourth-order valence-electron chi connectivity index (χ4n) is 3.71. The molecule has 0 unspecified atom stereocenters. The van der Waals surface area contributed by atoms with E-state index in [2.05, 4.69) is 23.1 Å². The van der Waals surface area contributed by atoms with Crippen molar-refractivity contribution >= 4 is 5.69 Å². The van der Waals surface area contributed by atoms with Crippen molar-refractivity contribution in [2.24, 2.45) is 0 Å². The molecule has 2 aliphatic heterocycles. The molecule has 0 radical (unpaired) electrons. The number of fused-ring (bicyclic) bond motifs is 1. The molecule has 0 atom stereocenters.